The van der Waals surface area contributed by atoms with E-state index >= 15 is 0 Å². The summed E-state index contributed by atoms with van der Waals surface area (Å²) in [5, 5.41) is 0. The highest BCUT2D eigenvalue weighted by Gasteiger charge is 2.20. The molecule has 126 valence electrons. The van der Waals surface area contributed by atoms with E-state index < -0.39 is 0 Å². The number of aryl methyl sites for hydroxylation is 1. The fourth-order valence-corrected chi connectivity index (χ4v) is 2.94. The van der Waals surface area contributed by atoms with Crippen molar-refractivity contribution in [1.29, 1.82) is 0 Å². The number of anilines is 2. The van der Waals surface area contributed by atoms with Crippen LogP contribution in [0.1, 0.15) is 5.82 Å². The second-order valence-electron chi connectivity index (χ2n) is 5.91. The first kappa shape index (κ1) is 15.4. The van der Waals surface area contributed by atoms with E-state index in [4.69, 9.17) is 4.98 Å². The average Bonchev–Trinajstić information content (AvgIpc) is 2.69. The zero-order chi connectivity index (χ0) is 17.1. The first-order valence-corrected chi connectivity index (χ1v) is 8.32. The van der Waals surface area contributed by atoms with E-state index in [2.05, 4.69) is 29.7 Å². The van der Waals surface area contributed by atoms with Crippen LogP contribution in [0.2, 0.25) is 0 Å². The monoisotopic (exact) mass is 333 g/mol. The summed E-state index contributed by atoms with van der Waals surface area (Å²) in [5.74, 6) is 2.56. The minimum Gasteiger partial charge on any atom is -0.353 e. The molecule has 7 heteroatoms. The van der Waals surface area contributed by atoms with E-state index in [0.29, 0.717) is 0 Å². The second kappa shape index (κ2) is 6.80. The van der Waals surface area contributed by atoms with Gasteiger partial charge in [0.05, 0.1) is 5.69 Å². The Bertz CT molecular complexity index is 845. The summed E-state index contributed by atoms with van der Waals surface area (Å²) in [7, 11) is 0. The summed E-state index contributed by atoms with van der Waals surface area (Å²) in [6.45, 7) is 5.42. The molecule has 4 rings (SSSR count). The first-order chi connectivity index (χ1) is 12.3. The average molecular weight is 333 g/mol. The van der Waals surface area contributed by atoms with Gasteiger partial charge in [0.25, 0.3) is 0 Å². The highest BCUT2D eigenvalue weighted by Crippen LogP contribution is 2.20. The molecule has 1 aliphatic rings. The maximum Gasteiger partial charge on any atom is 0.225 e. The first-order valence-electron chi connectivity index (χ1n) is 8.32. The zero-order valence-electron chi connectivity index (χ0n) is 14.1. The molecule has 1 aliphatic heterocycles. The third-order valence-corrected chi connectivity index (χ3v) is 4.27. The van der Waals surface area contributed by atoms with E-state index in [1.165, 1.54) is 0 Å². The number of rotatable bonds is 3. The summed E-state index contributed by atoms with van der Waals surface area (Å²) in [4.78, 5) is 26.4. The summed E-state index contributed by atoms with van der Waals surface area (Å²) in [6.07, 6.45) is 7.18. The van der Waals surface area contributed by atoms with E-state index in [1.54, 1.807) is 12.4 Å². The van der Waals surface area contributed by atoms with Crippen LogP contribution in [0.25, 0.3) is 11.3 Å². The summed E-state index contributed by atoms with van der Waals surface area (Å²) >= 11 is 0. The molecule has 25 heavy (non-hydrogen) atoms. The molecular weight excluding hydrogens is 314 g/mol. The lowest BCUT2D eigenvalue weighted by molar-refractivity contribution is 0.633. The number of piperazine rings is 1. The van der Waals surface area contributed by atoms with Gasteiger partial charge in [-0.05, 0) is 31.2 Å². The van der Waals surface area contributed by atoms with Gasteiger partial charge in [-0.2, -0.15) is 0 Å². The minimum absolute atomic E-state index is 0.771. The Hall–Kier alpha value is -3.09. The van der Waals surface area contributed by atoms with E-state index in [9.17, 15) is 0 Å². The van der Waals surface area contributed by atoms with Crippen molar-refractivity contribution in [1.82, 2.24) is 24.9 Å². The SMILES string of the molecule is Cc1nccc(N2CCN(c3nccc(-c4ccncc4)n3)CC2)n1. The van der Waals surface area contributed by atoms with Crippen LogP contribution in [-0.2, 0) is 0 Å². The normalized spacial score (nSPS) is 14.6. The Balaban J connectivity index is 1.48. The van der Waals surface area contributed by atoms with Gasteiger partial charge in [-0.1, -0.05) is 0 Å². The molecule has 4 heterocycles. The Morgan fingerprint density at radius 3 is 2.24 bits per heavy atom. The second-order valence-corrected chi connectivity index (χ2v) is 5.91. The highest BCUT2D eigenvalue weighted by molar-refractivity contribution is 5.59. The molecule has 0 spiro atoms. The Morgan fingerprint density at radius 2 is 1.48 bits per heavy atom. The molecule has 0 N–H and O–H groups in total. The van der Waals surface area contributed by atoms with Gasteiger partial charge in [0.2, 0.25) is 5.95 Å². The molecule has 7 nitrogen and oxygen atoms in total. The van der Waals surface area contributed by atoms with Crippen molar-refractivity contribution < 1.29 is 0 Å². The molecule has 0 atom stereocenters. The van der Waals surface area contributed by atoms with Crippen LogP contribution in [0.3, 0.4) is 0 Å². The third kappa shape index (κ3) is 3.40. The molecule has 1 fully saturated rings. The van der Waals surface area contributed by atoms with Crippen molar-refractivity contribution in [3.63, 3.8) is 0 Å². The van der Waals surface area contributed by atoms with Gasteiger partial charge >= 0.3 is 0 Å². The topological polar surface area (TPSA) is 70.9 Å². The van der Waals surface area contributed by atoms with E-state index in [1.807, 2.05) is 43.6 Å². The van der Waals surface area contributed by atoms with Gasteiger partial charge in [0, 0.05) is 56.5 Å². The Kier molecular flexibility index (Phi) is 4.20. The molecule has 0 aliphatic carbocycles. The minimum atomic E-state index is 0.771. The summed E-state index contributed by atoms with van der Waals surface area (Å²) in [6, 6.07) is 7.81. The van der Waals surface area contributed by atoms with Gasteiger partial charge in [0.1, 0.15) is 11.6 Å². The van der Waals surface area contributed by atoms with Crippen molar-refractivity contribution in [3.05, 3.63) is 54.9 Å². The standard InChI is InChI=1S/C18H19N7/c1-14-20-9-5-17(22-14)24-10-12-25(13-11-24)18-21-8-4-16(23-18)15-2-6-19-7-3-15/h2-9H,10-13H2,1H3. The van der Waals surface area contributed by atoms with Gasteiger partial charge in [-0.25, -0.2) is 19.9 Å². The molecule has 0 radical (unpaired) electrons. The summed E-state index contributed by atoms with van der Waals surface area (Å²) in [5.41, 5.74) is 1.97. The maximum absolute atomic E-state index is 4.72. The molecule has 0 saturated carbocycles. The van der Waals surface area contributed by atoms with Crippen molar-refractivity contribution in [2.75, 3.05) is 36.0 Å². The van der Waals surface area contributed by atoms with Crippen LogP contribution in [0, 0.1) is 6.92 Å². The number of hydrogen-bond donors (Lipinski definition) is 0. The van der Waals surface area contributed by atoms with Crippen LogP contribution in [0.5, 0.6) is 0 Å². The van der Waals surface area contributed by atoms with Crippen LogP contribution < -0.4 is 9.80 Å². The predicted octanol–water partition coefficient (Wildman–Crippen LogP) is 1.96. The molecule has 3 aromatic heterocycles. The number of pyridine rings is 1. The smallest absolute Gasteiger partial charge is 0.225 e. The molecular formula is C18H19N7. The van der Waals surface area contributed by atoms with Crippen molar-refractivity contribution in [2.24, 2.45) is 0 Å². The number of nitrogens with zero attached hydrogens (tertiary/aromatic N) is 7. The number of hydrogen-bond acceptors (Lipinski definition) is 7. The highest BCUT2D eigenvalue weighted by atomic mass is 15.3. The largest absolute Gasteiger partial charge is 0.353 e. The molecule has 0 unspecified atom stereocenters. The molecule has 1 saturated heterocycles. The van der Waals surface area contributed by atoms with Crippen LogP contribution in [0.4, 0.5) is 11.8 Å². The molecule has 3 aromatic rings. The zero-order valence-corrected chi connectivity index (χ0v) is 14.1. The van der Waals surface area contributed by atoms with Gasteiger partial charge in [0.15, 0.2) is 0 Å². The molecule has 0 aromatic carbocycles. The quantitative estimate of drug-likeness (QED) is 0.725. The lowest BCUT2D eigenvalue weighted by Gasteiger charge is -2.35. The van der Waals surface area contributed by atoms with Crippen LogP contribution >= 0.6 is 0 Å². The van der Waals surface area contributed by atoms with Gasteiger partial charge in [-0.3, -0.25) is 4.98 Å². The fraction of sp³-hybridized carbons (Fsp3) is 0.278. The Labute approximate surface area is 146 Å². The predicted molar refractivity (Wildman–Crippen MR) is 96.5 cm³/mol. The van der Waals surface area contributed by atoms with Gasteiger partial charge in [-0.15, -0.1) is 0 Å². The fourth-order valence-electron chi connectivity index (χ4n) is 2.94. The lowest BCUT2D eigenvalue weighted by Crippen LogP contribution is -2.47. The molecule has 0 bridgehead atoms. The number of aromatic nitrogens is 5. The summed E-state index contributed by atoms with van der Waals surface area (Å²) < 4.78 is 0. The van der Waals surface area contributed by atoms with Crippen LogP contribution in [-0.4, -0.2) is 51.1 Å². The molecule has 0 amide bonds. The van der Waals surface area contributed by atoms with E-state index in [-0.39, 0.29) is 0 Å². The van der Waals surface area contributed by atoms with Gasteiger partial charge < -0.3 is 9.80 Å². The third-order valence-electron chi connectivity index (χ3n) is 4.27. The van der Waals surface area contributed by atoms with Crippen molar-refractivity contribution in [3.8, 4) is 11.3 Å². The lowest BCUT2D eigenvalue weighted by atomic mass is 10.2. The Morgan fingerprint density at radius 1 is 0.760 bits per heavy atom. The van der Waals surface area contributed by atoms with Crippen molar-refractivity contribution in [2.45, 2.75) is 6.92 Å². The van der Waals surface area contributed by atoms with Crippen LogP contribution in [0.15, 0.2) is 49.1 Å². The van der Waals surface area contributed by atoms with Crippen molar-refractivity contribution >= 4 is 11.8 Å². The maximum atomic E-state index is 4.72. The van der Waals surface area contributed by atoms with E-state index in [0.717, 1.165) is 55.0 Å².